The molecule has 0 unspecified atom stereocenters. The summed E-state index contributed by atoms with van der Waals surface area (Å²) in [5, 5.41) is 0.456. The third kappa shape index (κ3) is 3.39. The zero-order valence-corrected chi connectivity index (χ0v) is 14.5. The van der Waals surface area contributed by atoms with E-state index in [-0.39, 0.29) is 5.43 Å². The molecule has 1 aromatic carbocycles. The van der Waals surface area contributed by atoms with E-state index >= 15 is 0 Å². The molecule has 0 N–H and O–H groups in total. The van der Waals surface area contributed by atoms with Crippen molar-refractivity contribution in [3.05, 3.63) is 34.2 Å². The first-order valence-corrected chi connectivity index (χ1v) is 8.28. The predicted octanol–water partition coefficient (Wildman–Crippen LogP) is 1.95. The van der Waals surface area contributed by atoms with Crippen LogP contribution in [0.3, 0.4) is 0 Å². The zero-order chi connectivity index (χ0) is 17.1. The van der Waals surface area contributed by atoms with Crippen LogP contribution in [0.2, 0.25) is 0 Å². The quantitative estimate of drug-likeness (QED) is 0.834. The van der Waals surface area contributed by atoms with Crippen molar-refractivity contribution in [3.63, 3.8) is 0 Å². The van der Waals surface area contributed by atoms with Gasteiger partial charge in [-0.1, -0.05) is 6.92 Å². The van der Waals surface area contributed by atoms with Crippen molar-refractivity contribution in [1.29, 1.82) is 0 Å². The van der Waals surface area contributed by atoms with Crippen LogP contribution < -0.4 is 14.9 Å². The molecule has 0 amide bonds. The summed E-state index contributed by atoms with van der Waals surface area (Å²) in [6.45, 7) is 7.97. The molecule has 3 rings (SSSR count). The van der Waals surface area contributed by atoms with E-state index in [0.29, 0.717) is 34.8 Å². The SMILES string of the molecule is CCN1CCN(Cc2cc(=O)c3c(OC)cc(OC)cc3o2)CC1. The van der Waals surface area contributed by atoms with Crippen LogP contribution in [0.1, 0.15) is 12.7 Å². The van der Waals surface area contributed by atoms with Gasteiger partial charge in [-0.2, -0.15) is 0 Å². The van der Waals surface area contributed by atoms with E-state index in [1.54, 1.807) is 25.3 Å². The average molecular weight is 332 g/mol. The Hall–Kier alpha value is -2.05. The van der Waals surface area contributed by atoms with E-state index in [9.17, 15) is 4.79 Å². The molecular formula is C18H24N2O4. The Labute approximate surface area is 141 Å². The monoisotopic (exact) mass is 332 g/mol. The number of hydrogen-bond acceptors (Lipinski definition) is 6. The predicted molar refractivity (Wildman–Crippen MR) is 93.0 cm³/mol. The molecule has 1 fully saturated rings. The molecule has 6 heteroatoms. The molecule has 0 aliphatic carbocycles. The van der Waals surface area contributed by atoms with E-state index in [2.05, 4.69) is 16.7 Å². The summed E-state index contributed by atoms with van der Waals surface area (Å²) in [5.41, 5.74) is 0.416. The molecule has 0 spiro atoms. The average Bonchev–Trinajstić information content (AvgIpc) is 2.61. The van der Waals surface area contributed by atoms with Gasteiger partial charge in [-0.15, -0.1) is 0 Å². The molecule has 0 radical (unpaired) electrons. The molecule has 130 valence electrons. The van der Waals surface area contributed by atoms with Gasteiger partial charge >= 0.3 is 0 Å². The van der Waals surface area contributed by atoms with Crippen LogP contribution >= 0.6 is 0 Å². The third-order valence-corrected chi connectivity index (χ3v) is 4.57. The number of likely N-dealkylation sites (N-methyl/N-ethyl adjacent to an activating group) is 1. The number of methoxy groups -OCH3 is 2. The Balaban J connectivity index is 1.89. The van der Waals surface area contributed by atoms with Crippen LogP contribution in [0.15, 0.2) is 27.4 Å². The number of rotatable bonds is 5. The lowest BCUT2D eigenvalue weighted by Gasteiger charge is -2.33. The number of piperazine rings is 1. The third-order valence-electron chi connectivity index (χ3n) is 4.57. The van der Waals surface area contributed by atoms with Gasteiger partial charge in [0, 0.05) is 44.4 Å². The molecule has 24 heavy (non-hydrogen) atoms. The van der Waals surface area contributed by atoms with Gasteiger partial charge in [0.25, 0.3) is 0 Å². The fraction of sp³-hybridized carbons (Fsp3) is 0.500. The van der Waals surface area contributed by atoms with E-state index < -0.39 is 0 Å². The second-order valence-electron chi connectivity index (χ2n) is 5.99. The highest BCUT2D eigenvalue weighted by Gasteiger charge is 2.18. The van der Waals surface area contributed by atoms with Crippen molar-refractivity contribution in [2.75, 3.05) is 46.9 Å². The summed E-state index contributed by atoms with van der Waals surface area (Å²) in [5.74, 6) is 1.75. The molecule has 1 aromatic heterocycles. The minimum atomic E-state index is -0.0852. The Kier molecular flexibility index (Phi) is 5.06. The van der Waals surface area contributed by atoms with E-state index in [1.807, 2.05) is 0 Å². The van der Waals surface area contributed by atoms with Gasteiger partial charge in [0.1, 0.15) is 28.2 Å². The second kappa shape index (κ2) is 7.23. The lowest BCUT2D eigenvalue weighted by Crippen LogP contribution is -2.45. The largest absolute Gasteiger partial charge is 0.496 e. The summed E-state index contributed by atoms with van der Waals surface area (Å²) in [6.07, 6.45) is 0. The molecule has 6 nitrogen and oxygen atoms in total. The summed E-state index contributed by atoms with van der Waals surface area (Å²) < 4.78 is 16.5. The number of hydrogen-bond donors (Lipinski definition) is 0. The van der Waals surface area contributed by atoms with Crippen molar-refractivity contribution in [2.45, 2.75) is 13.5 Å². The molecule has 1 aliphatic rings. The standard InChI is InChI=1S/C18H24N2O4/c1-4-19-5-7-20(8-6-19)12-14-9-15(21)18-16(23-3)10-13(22-2)11-17(18)24-14/h9-11H,4-8,12H2,1-3H3. The van der Waals surface area contributed by atoms with E-state index in [0.717, 1.165) is 32.7 Å². The number of nitrogens with zero attached hydrogens (tertiary/aromatic N) is 2. The van der Waals surface area contributed by atoms with Gasteiger partial charge in [-0.05, 0) is 6.54 Å². The maximum atomic E-state index is 12.5. The molecule has 2 aromatic rings. The maximum absolute atomic E-state index is 12.5. The summed E-state index contributed by atoms with van der Waals surface area (Å²) in [6, 6.07) is 5.00. The van der Waals surface area contributed by atoms with Crippen molar-refractivity contribution in [1.82, 2.24) is 9.80 Å². The zero-order valence-electron chi connectivity index (χ0n) is 14.5. The van der Waals surface area contributed by atoms with Crippen LogP contribution in [-0.2, 0) is 6.54 Å². The molecule has 0 saturated carbocycles. The van der Waals surface area contributed by atoms with Gasteiger partial charge in [-0.25, -0.2) is 0 Å². The van der Waals surface area contributed by atoms with Gasteiger partial charge in [0.05, 0.1) is 20.8 Å². The first-order valence-electron chi connectivity index (χ1n) is 8.28. The second-order valence-corrected chi connectivity index (χ2v) is 5.99. The molecule has 0 bridgehead atoms. The minimum Gasteiger partial charge on any atom is -0.496 e. The van der Waals surface area contributed by atoms with Crippen molar-refractivity contribution in [2.24, 2.45) is 0 Å². The molecule has 1 aliphatic heterocycles. The van der Waals surface area contributed by atoms with Crippen LogP contribution in [0.4, 0.5) is 0 Å². The van der Waals surface area contributed by atoms with Crippen LogP contribution in [0, 0.1) is 0 Å². The van der Waals surface area contributed by atoms with Crippen molar-refractivity contribution in [3.8, 4) is 11.5 Å². The molecule has 1 saturated heterocycles. The molecule has 0 atom stereocenters. The lowest BCUT2D eigenvalue weighted by atomic mass is 10.2. The first-order chi connectivity index (χ1) is 11.6. The highest BCUT2D eigenvalue weighted by Crippen LogP contribution is 2.29. The minimum absolute atomic E-state index is 0.0852. The molecular weight excluding hydrogens is 308 g/mol. The van der Waals surface area contributed by atoms with E-state index in [4.69, 9.17) is 13.9 Å². The Bertz CT molecular complexity index is 763. The topological polar surface area (TPSA) is 55.2 Å². The van der Waals surface area contributed by atoms with E-state index in [1.165, 1.54) is 7.11 Å². The number of fused-ring (bicyclic) bond motifs is 1. The Morgan fingerprint density at radius 2 is 1.75 bits per heavy atom. The summed E-state index contributed by atoms with van der Waals surface area (Å²) >= 11 is 0. The summed E-state index contributed by atoms with van der Waals surface area (Å²) in [4.78, 5) is 17.2. The van der Waals surface area contributed by atoms with Crippen molar-refractivity contribution >= 4 is 11.0 Å². The highest BCUT2D eigenvalue weighted by atomic mass is 16.5. The fourth-order valence-corrected chi connectivity index (χ4v) is 3.12. The number of ether oxygens (including phenoxy) is 2. The highest BCUT2D eigenvalue weighted by molar-refractivity contribution is 5.85. The van der Waals surface area contributed by atoms with Gasteiger partial charge < -0.3 is 18.8 Å². The molecule has 2 heterocycles. The normalized spacial score (nSPS) is 16.5. The number of benzene rings is 1. The van der Waals surface area contributed by atoms with Gasteiger partial charge in [0.2, 0.25) is 0 Å². The van der Waals surface area contributed by atoms with Crippen molar-refractivity contribution < 1.29 is 13.9 Å². The Morgan fingerprint density at radius 3 is 2.38 bits per heavy atom. The van der Waals surface area contributed by atoms with Crippen LogP contribution in [-0.4, -0.2) is 56.7 Å². The van der Waals surface area contributed by atoms with Crippen LogP contribution in [0.5, 0.6) is 11.5 Å². The fourth-order valence-electron chi connectivity index (χ4n) is 3.12. The lowest BCUT2D eigenvalue weighted by molar-refractivity contribution is 0.125. The van der Waals surface area contributed by atoms with Crippen LogP contribution in [0.25, 0.3) is 11.0 Å². The maximum Gasteiger partial charge on any atom is 0.196 e. The smallest absolute Gasteiger partial charge is 0.196 e. The first kappa shape index (κ1) is 16.8. The van der Waals surface area contributed by atoms with Gasteiger partial charge in [0.15, 0.2) is 5.43 Å². The summed E-state index contributed by atoms with van der Waals surface area (Å²) in [7, 11) is 3.12. The van der Waals surface area contributed by atoms with Gasteiger partial charge in [-0.3, -0.25) is 9.69 Å². The Morgan fingerprint density at radius 1 is 1.04 bits per heavy atom.